The van der Waals surface area contributed by atoms with E-state index in [0.717, 1.165) is 23.0 Å². The van der Waals surface area contributed by atoms with Crippen molar-refractivity contribution >= 4 is 23.0 Å². The number of hydrogen-bond donors (Lipinski definition) is 1. The number of ether oxygens (including phenoxy) is 1. The smallest absolute Gasteiger partial charge is 0.188 e. The molecule has 2 aliphatic heterocycles. The van der Waals surface area contributed by atoms with E-state index in [4.69, 9.17) is 17.0 Å². The van der Waals surface area contributed by atoms with Gasteiger partial charge in [0, 0.05) is 17.7 Å². The summed E-state index contributed by atoms with van der Waals surface area (Å²) in [7, 11) is 0. The molecule has 2 bridgehead atoms. The lowest BCUT2D eigenvalue weighted by molar-refractivity contribution is 0.0497. The summed E-state index contributed by atoms with van der Waals surface area (Å²) in [6.45, 7) is 6.32. The quantitative estimate of drug-likeness (QED) is 0.793. The molecule has 0 aromatic heterocycles. The molecule has 3 nitrogen and oxygen atoms in total. The summed E-state index contributed by atoms with van der Waals surface area (Å²) < 4.78 is 6.42. The Labute approximate surface area is 142 Å². The average molecular weight is 324 g/mol. The molecule has 0 saturated carbocycles. The molecule has 0 radical (unpaired) electrons. The van der Waals surface area contributed by atoms with Crippen molar-refractivity contribution in [3.63, 3.8) is 0 Å². The van der Waals surface area contributed by atoms with Crippen LogP contribution in [-0.2, 0) is 0 Å². The van der Waals surface area contributed by atoms with E-state index in [9.17, 15) is 0 Å². The van der Waals surface area contributed by atoms with Crippen molar-refractivity contribution in [2.45, 2.75) is 39.0 Å². The minimum absolute atomic E-state index is 0.206. The first-order chi connectivity index (χ1) is 11.0. The minimum atomic E-state index is -0.469. The van der Waals surface area contributed by atoms with E-state index in [2.05, 4.69) is 73.5 Å². The normalized spacial score (nSPS) is 25.4. The second kappa shape index (κ2) is 4.96. The van der Waals surface area contributed by atoms with Gasteiger partial charge in [0.1, 0.15) is 5.75 Å². The number of thiocarbonyl (C=S) groups is 1. The molecule has 1 fully saturated rings. The standard InChI is InChI=1S/C19H20N2OS/c1-12-5-4-6-14(9-12)21-18(23)20-16-11-19(21,3)22-17-8-7-13(2)10-15(16)17/h4-10,16H,11H2,1-3H3,(H,20,23)/t16-,19+/m0/s1. The van der Waals surface area contributed by atoms with Gasteiger partial charge >= 0.3 is 0 Å². The molecule has 1 saturated heterocycles. The summed E-state index contributed by atoms with van der Waals surface area (Å²) in [5, 5.41) is 4.23. The third-order valence-corrected chi connectivity index (χ3v) is 4.99. The van der Waals surface area contributed by atoms with E-state index in [0.29, 0.717) is 0 Å². The number of nitrogens with zero attached hydrogens (tertiary/aromatic N) is 1. The molecule has 2 atom stereocenters. The highest BCUT2D eigenvalue weighted by molar-refractivity contribution is 7.80. The number of anilines is 1. The monoisotopic (exact) mass is 324 g/mol. The average Bonchev–Trinajstić information content (AvgIpc) is 2.47. The zero-order chi connectivity index (χ0) is 16.2. The maximum atomic E-state index is 6.42. The van der Waals surface area contributed by atoms with Gasteiger partial charge < -0.3 is 10.1 Å². The highest BCUT2D eigenvalue weighted by atomic mass is 32.1. The van der Waals surface area contributed by atoms with Crippen molar-refractivity contribution in [3.05, 3.63) is 59.2 Å². The van der Waals surface area contributed by atoms with Gasteiger partial charge in [-0.1, -0.05) is 29.8 Å². The fraction of sp³-hybridized carbons (Fsp3) is 0.316. The van der Waals surface area contributed by atoms with Gasteiger partial charge in [-0.2, -0.15) is 0 Å². The van der Waals surface area contributed by atoms with E-state index >= 15 is 0 Å². The predicted octanol–water partition coefficient (Wildman–Crippen LogP) is 4.24. The lowest BCUT2D eigenvalue weighted by Crippen LogP contribution is -2.65. The Morgan fingerprint density at radius 3 is 2.74 bits per heavy atom. The van der Waals surface area contributed by atoms with Crippen LogP contribution in [0.1, 0.15) is 36.1 Å². The number of hydrogen-bond acceptors (Lipinski definition) is 2. The van der Waals surface area contributed by atoms with Crippen LogP contribution in [0.4, 0.5) is 5.69 Å². The zero-order valence-electron chi connectivity index (χ0n) is 13.6. The van der Waals surface area contributed by atoms with Crippen LogP contribution in [-0.4, -0.2) is 10.8 Å². The van der Waals surface area contributed by atoms with Gasteiger partial charge in [-0.3, -0.25) is 4.90 Å². The summed E-state index contributed by atoms with van der Waals surface area (Å²) in [4.78, 5) is 2.11. The fourth-order valence-electron chi connectivity index (χ4n) is 3.65. The number of benzene rings is 2. The van der Waals surface area contributed by atoms with Crippen molar-refractivity contribution in [2.75, 3.05) is 4.90 Å². The second-order valence-electron chi connectivity index (χ2n) is 6.70. The Kier molecular flexibility index (Phi) is 3.13. The van der Waals surface area contributed by atoms with Gasteiger partial charge in [-0.25, -0.2) is 0 Å². The second-order valence-corrected chi connectivity index (χ2v) is 7.09. The van der Waals surface area contributed by atoms with Crippen molar-refractivity contribution in [2.24, 2.45) is 0 Å². The van der Waals surface area contributed by atoms with E-state index in [1.165, 1.54) is 16.7 Å². The van der Waals surface area contributed by atoms with Crippen LogP contribution in [0.3, 0.4) is 0 Å². The fourth-order valence-corrected chi connectivity index (χ4v) is 4.09. The molecule has 2 heterocycles. The van der Waals surface area contributed by atoms with Crippen LogP contribution in [0.15, 0.2) is 42.5 Å². The van der Waals surface area contributed by atoms with E-state index in [1.54, 1.807) is 0 Å². The lowest BCUT2D eigenvalue weighted by atomic mass is 9.89. The molecule has 0 spiro atoms. The Hall–Kier alpha value is -2.07. The predicted molar refractivity (Wildman–Crippen MR) is 97.0 cm³/mol. The molecule has 2 aliphatic rings. The van der Waals surface area contributed by atoms with E-state index in [-0.39, 0.29) is 6.04 Å². The van der Waals surface area contributed by atoms with Crippen LogP contribution in [0.5, 0.6) is 5.75 Å². The van der Waals surface area contributed by atoms with Gasteiger partial charge in [0.25, 0.3) is 0 Å². The van der Waals surface area contributed by atoms with Crippen LogP contribution in [0.2, 0.25) is 0 Å². The molecular formula is C19H20N2OS. The number of rotatable bonds is 1. The lowest BCUT2D eigenvalue weighted by Gasteiger charge is -2.52. The molecule has 0 unspecified atom stereocenters. The van der Waals surface area contributed by atoms with Crippen LogP contribution >= 0.6 is 12.2 Å². The molecule has 0 amide bonds. The number of fused-ring (bicyclic) bond motifs is 4. The summed E-state index contributed by atoms with van der Waals surface area (Å²) >= 11 is 5.68. The van der Waals surface area contributed by atoms with Gasteiger partial charge in [-0.05, 0) is 56.8 Å². The van der Waals surface area contributed by atoms with Gasteiger partial charge in [0.05, 0.1) is 6.04 Å². The van der Waals surface area contributed by atoms with Crippen LogP contribution in [0.25, 0.3) is 0 Å². The first-order valence-corrected chi connectivity index (χ1v) is 8.34. The molecule has 4 heteroatoms. The van der Waals surface area contributed by atoms with Gasteiger partial charge in [0.15, 0.2) is 10.8 Å². The van der Waals surface area contributed by atoms with Crippen molar-refractivity contribution in [3.8, 4) is 5.75 Å². The highest BCUT2D eigenvalue weighted by Crippen LogP contribution is 2.45. The van der Waals surface area contributed by atoms with Crippen molar-refractivity contribution < 1.29 is 4.74 Å². The zero-order valence-corrected chi connectivity index (χ0v) is 14.4. The molecule has 23 heavy (non-hydrogen) atoms. The van der Waals surface area contributed by atoms with E-state index < -0.39 is 5.72 Å². The summed E-state index contributed by atoms with van der Waals surface area (Å²) in [5.74, 6) is 0.946. The molecule has 0 aliphatic carbocycles. The summed E-state index contributed by atoms with van der Waals surface area (Å²) in [6.07, 6.45) is 0.859. The molecule has 2 aromatic carbocycles. The van der Waals surface area contributed by atoms with Crippen LogP contribution < -0.4 is 15.0 Å². The maximum Gasteiger partial charge on any atom is 0.188 e. The Balaban J connectivity index is 1.81. The Morgan fingerprint density at radius 2 is 1.96 bits per heavy atom. The SMILES string of the molecule is Cc1cccc(N2C(=S)N[C@H]3C[C@@]2(C)Oc2ccc(C)cc23)c1. The minimum Gasteiger partial charge on any atom is -0.467 e. The number of nitrogens with one attached hydrogen (secondary N) is 1. The van der Waals surface area contributed by atoms with Crippen LogP contribution in [0, 0.1) is 13.8 Å². The molecule has 1 N–H and O–H groups in total. The third kappa shape index (κ3) is 2.29. The van der Waals surface area contributed by atoms with Gasteiger partial charge in [0.2, 0.25) is 0 Å². The molecule has 118 valence electrons. The van der Waals surface area contributed by atoms with Gasteiger partial charge in [-0.15, -0.1) is 0 Å². The van der Waals surface area contributed by atoms with Crippen molar-refractivity contribution in [1.82, 2.24) is 5.32 Å². The van der Waals surface area contributed by atoms with E-state index in [1.807, 2.05) is 0 Å². The number of aryl methyl sites for hydroxylation is 2. The largest absolute Gasteiger partial charge is 0.467 e. The maximum absolute atomic E-state index is 6.42. The Morgan fingerprint density at radius 1 is 1.17 bits per heavy atom. The topological polar surface area (TPSA) is 24.5 Å². The molecular weight excluding hydrogens is 304 g/mol. The van der Waals surface area contributed by atoms with Crippen molar-refractivity contribution in [1.29, 1.82) is 0 Å². The Bertz CT molecular complexity index is 804. The molecule has 2 aromatic rings. The first-order valence-electron chi connectivity index (χ1n) is 7.93. The highest BCUT2D eigenvalue weighted by Gasteiger charge is 2.48. The summed E-state index contributed by atoms with van der Waals surface area (Å²) in [5.41, 5.74) is 4.25. The third-order valence-electron chi connectivity index (χ3n) is 4.69. The summed E-state index contributed by atoms with van der Waals surface area (Å²) in [6, 6.07) is 14.9. The molecule has 4 rings (SSSR count). The first kappa shape index (κ1) is 14.5.